The fourth-order valence-electron chi connectivity index (χ4n) is 1.75. The molecule has 0 radical (unpaired) electrons. The third-order valence-electron chi connectivity index (χ3n) is 2.80. The van der Waals surface area contributed by atoms with Crippen LogP contribution in [0.3, 0.4) is 0 Å². The molecular weight excluding hydrogens is 294 g/mol. The van der Waals surface area contributed by atoms with Crippen molar-refractivity contribution >= 4 is 21.8 Å². The molecule has 0 atom stereocenters. The summed E-state index contributed by atoms with van der Waals surface area (Å²) in [5.41, 5.74) is 3.03. The fourth-order valence-corrected chi connectivity index (χ4v) is 2.17. The molecule has 18 heavy (non-hydrogen) atoms. The average molecular weight is 308 g/mol. The highest BCUT2D eigenvalue weighted by Gasteiger charge is 2.11. The van der Waals surface area contributed by atoms with E-state index in [1.807, 2.05) is 12.1 Å². The van der Waals surface area contributed by atoms with Crippen molar-refractivity contribution in [1.29, 1.82) is 0 Å². The maximum Gasteiger partial charge on any atom is 0.255 e. The first-order valence-corrected chi connectivity index (χ1v) is 6.53. The van der Waals surface area contributed by atoms with Gasteiger partial charge in [0.25, 0.3) is 5.91 Å². The van der Waals surface area contributed by atoms with Crippen molar-refractivity contribution in [3.63, 3.8) is 0 Å². The first-order chi connectivity index (χ1) is 8.68. The molecule has 0 saturated carbocycles. The van der Waals surface area contributed by atoms with Crippen LogP contribution in [0.25, 0.3) is 0 Å². The van der Waals surface area contributed by atoms with Gasteiger partial charge in [0.05, 0.1) is 11.8 Å². The molecule has 1 aromatic heterocycles. The standard InChI is InChI=1S/C14H14BrNO2/c1-10-4-2-3-5-11(10)6-8-16-14(17)12-7-9-18-13(12)15/h2-5,7,9H,6,8H2,1H3,(H,16,17). The molecule has 0 fully saturated rings. The summed E-state index contributed by atoms with van der Waals surface area (Å²) in [5, 5.41) is 2.87. The molecule has 3 nitrogen and oxygen atoms in total. The number of hydrogen-bond acceptors (Lipinski definition) is 2. The molecule has 1 amide bonds. The summed E-state index contributed by atoms with van der Waals surface area (Å²) < 4.78 is 5.49. The maximum absolute atomic E-state index is 11.8. The summed E-state index contributed by atoms with van der Waals surface area (Å²) in [6, 6.07) is 9.82. The van der Waals surface area contributed by atoms with E-state index in [1.54, 1.807) is 6.07 Å². The minimum absolute atomic E-state index is 0.121. The van der Waals surface area contributed by atoms with Gasteiger partial charge in [0.1, 0.15) is 0 Å². The van der Waals surface area contributed by atoms with Crippen LogP contribution in [0.2, 0.25) is 0 Å². The van der Waals surface area contributed by atoms with E-state index in [0.717, 1.165) is 6.42 Å². The number of carbonyl (C=O) groups excluding carboxylic acids is 1. The van der Waals surface area contributed by atoms with Crippen LogP contribution in [0.1, 0.15) is 21.5 Å². The summed E-state index contributed by atoms with van der Waals surface area (Å²) in [7, 11) is 0. The Balaban J connectivity index is 1.88. The van der Waals surface area contributed by atoms with Gasteiger partial charge >= 0.3 is 0 Å². The van der Waals surface area contributed by atoms with Gasteiger partial charge in [0.15, 0.2) is 4.67 Å². The van der Waals surface area contributed by atoms with Gasteiger partial charge in [-0.15, -0.1) is 0 Å². The molecule has 0 unspecified atom stereocenters. The number of hydrogen-bond donors (Lipinski definition) is 1. The summed E-state index contributed by atoms with van der Waals surface area (Å²) >= 11 is 3.19. The zero-order valence-corrected chi connectivity index (χ0v) is 11.7. The minimum Gasteiger partial charge on any atom is -0.457 e. The van der Waals surface area contributed by atoms with Crippen LogP contribution in [0.4, 0.5) is 0 Å². The summed E-state index contributed by atoms with van der Waals surface area (Å²) in [4.78, 5) is 11.8. The molecule has 2 rings (SSSR count). The number of furan rings is 1. The lowest BCUT2D eigenvalue weighted by molar-refractivity contribution is 0.0952. The number of carbonyl (C=O) groups is 1. The molecule has 0 spiro atoms. The Hall–Kier alpha value is -1.55. The van der Waals surface area contributed by atoms with Crippen molar-refractivity contribution in [2.75, 3.05) is 6.54 Å². The van der Waals surface area contributed by atoms with Gasteiger partial charge in [-0.05, 0) is 46.5 Å². The highest BCUT2D eigenvalue weighted by molar-refractivity contribution is 9.10. The highest BCUT2D eigenvalue weighted by Crippen LogP contribution is 2.17. The van der Waals surface area contributed by atoms with Gasteiger partial charge in [0, 0.05) is 6.54 Å². The number of halogens is 1. The maximum atomic E-state index is 11.8. The predicted molar refractivity (Wildman–Crippen MR) is 73.6 cm³/mol. The van der Waals surface area contributed by atoms with Crippen LogP contribution in [0.5, 0.6) is 0 Å². The Morgan fingerprint density at radius 3 is 2.78 bits per heavy atom. The largest absolute Gasteiger partial charge is 0.457 e. The number of rotatable bonds is 4. The second-order valence-electron chi connectivity index (χ2n) is 4.04. The van der Waals surface area contributed by atoms with Gasteiger partial charge in [0.2, 0.25) is 0 Å². The van der Waals surface area contributed by atoms with Crippen molar-refractivity contribution in [2.24, 2.45) is 0 Å². The Morgan fingerprint density at radius 2 is 2.11 bits per heavy atom. The lowest BCUT2D eigenvalue weighted by Gasteiger charge is -2.06. The van der Waals surface area contributed by atoms with E-state index in [1.165, 1.54) is 17.4 Å². The minimum atomic E-state index is -0.121. The Morgan fingerprint density at radius 1 is 1.33 bits per heavy atom. The molecule has 0 aliphatic carbocycles. The molecule has 0 aliphatic rings. The smallest absolute Gasteiger partial charge is 0.255 e. The van der Waals surface area contributed by atoms with Gasteiger partial charge in [-0.2, -0.15) is 0 Å². The van der Waals surface area contributed by atoms with E-state index in [9.17, 15) is 4.79 Å². The van der Waals surface area contributed by atoms with Crippen LogP contribution in [0.15, 0.2) is 45.7 Å². The van der Waals surface area contributed by atoms with E-state index >= 15 is 0 Å². The zero-order chi connectivity index (χ0) is 13.0. The van der Waals surface area contributed by atoms with Crippen molar-refractivity contribution in [2.45, 2.75) is 13.3 Å². The van der Waals surface area contributed by atoms with Crippen molar-refractivity contribution in [3.05, 3.63) is 58.0 Å². The topological polar surface area (TPSA) is 42.2 Å². The summed E-state index contributed by atoms with van der Waals surface area (Å²) in [6.07, 6.45) is 2.31. The third kappa shape index (κ3) is 3.01. The second-order valence-corrected chi connectivity index (χ2v) is 4.76. The molecule has 1 N–H and O–H groups in total. The summed E-state index contributed by atoms with van der Waals surface area (Å²) in [6.45, 7) is 2.69. The third-order valence-corrected chi connectivity index (χ3v) is 3.42. The van der Waals surface area contributed by atoms with Crippen LogP contribution in [-0.2, 0) is 6.42 Å². The molecule has 0 saturated heterocycles. The first kappa shape index (κ1) is 12.9. The molecule has 0 bridgehead atoms. The first-order valence-electron chi connectivity index (χ1n) is 5.74. The second kappa shape index (κ2) is 5.87. The molecule has 1 heterocycles. The van der Waals surface area contributed by atoms with Crippen LogP contribution in [0, 0.1) is 6.92 Å². The van der Waals surface area contributed by atoms with E-state index in [2.05, 4.69) is 40.3 Å². The molecule has 2 aromatic rings. The van der Waals surface area contributed by atoms with E-state index < -0.39 is 0 Å². The van der Waals surface area contributed by atoms with Gasteiger partial charge in [-0.3, -0.25) is 4.79 Å². The van der Waals surface area contributed by atoms with Gasteiger partial charge in [-0.25, -0.2) is 0 Å². The monoisotopic (exact) mass is 307 g/mol. The molecular formula is C14H14BrNO2. The number of benzene rings is 1. The van der Waals surface area contributed by atoms with Crippen LogP contribution in [-0.4, -0.2) is 12.5 Å². The number of amides is 1. The van der Waals surface area contributed by atoms with Crippen molar-refractivity contribution in [1.82, 2.24) is 5.32 Å². The number of nitrogens with one attached hydrogen (secondary N) is 1. The van der Waals surface area contributed by atoms with Gasteiger partial charge in [-0.1, -0.05) is 24.3 Å². The molecule has 4 heteroatoms. The predicted octanol–water partition coefficient (Wildman–Crippen LogP) is 3.32. The zero-order valence-electron chi connectivity index (χ0n) is 10.1. The lowest BCUT2D eigenvalue weighted by Crippen LogP contribution is -2.25. The van der Waals surface area contributed by atoms with E-state index in [-0.39, 0.29) is 5.91 Å². The molecule has 94 valence electrons. The van der Waals surface area contributed by atoms with Gasteiger partial charge < -0.3 is 9.73 Å². The summed E-state index contributed by atoms with van der Waals surface area (Å²) in [5.74, 6) is -0.121. The Labute approximate surface area is 114 Å². The SMILES string of the molecule is Cc1ccccc1CCNC(=O)c1ccoc1Br. The van der Waals surface area contributed by atoms with E-state index in [0.29, 0.717) is 16.8 Å². The van der Waals surface area contributed by atoms with E-state index in [4.69, 9.17) is 4.42 Å². The lowest BCUT2D eigenvalue weighted by atomic mass is 10.1. The van der Waals surface area contributed by atoms with Crippen molar-refractivity contribution < 1.29 is 9.21 Å². The number of aryl methyl sites for hydroxylation is 1. The molecule has 0 aliphatic heterocycles. The quantitative estimate of drug-likeness (QED) is 0.941. The Bertz CT molecular complexity index is 548. The highest BCUT2D eigenvalue weighted by atomic mass is 79.9. The Kier molecular flexibility index (Phi) is 4.20. The fraction of sp³-hybridized carbons (Fsp3) is 0.214. The normalized spacial score (nSPS) is 10.3. The molecule has 1 aromatic carbocycles. The van der Waals surface area contributed by atoms with Crippen LogP contribution >= 0.6 is 15.9 Å². The van der Waals surface area contributed by atoms with Crippen molar-refractivity contribution in [3.8, 4) is 0 Å². The average Bonchev–Trinajstić information content (AvgIpc) is 2.78. The van der Waals surface area contributed by atoms with Crippen LogP contribution < -0.4 is 5.32 Å².